The van der Waals surface area contributed by atoms with Gasteiger partial charge in [-0.25, -0.2) is 0 Å². The molecule has 1 aliphatic rings. The van der Waals surface area contributed by atoms with Gasteiger partial charge in [0, 0.05) is 6.54 Å². The van der Waals surface area contributed by atoms with Crippen LogP contribution < -0.4 is 5.32 Å². The number of hydrogen-bond acceptors (Lipinski definition) is 3. The third-order valence-electron chi connectivity index (χ3n) is 1.39. The average molecular weight is 197 g/mol. The highest BCUT2D eigenvalue weighted by Gasteiger charge is 2.36. The van der Waals surface area contributed by atoms with E-state index < -0.39 is 17.6 Å². The molecule has 12 heavy (non-hydrogen) atoms. The first kappa shape index (κ1) is 9.38. The number of carbonyl (C=O) groups is 1. The molecule has 0 atom stereocenters. The molecule has 0 aromatic rings. The van der Waals surface area contributed by atoms with Gasteiger partial charge in [0.15, 0.2) is 0 Å². The highest BCUT2D eigenvalue weighted by atomic mass is 35.5. The Morgan fingerprint density at radius 1 is 1.75 bits per heavy atom. The number of carbonyl (C=O) groups excluding carboxylic acids is 1. The van der Waals surface area contributed by atoms with E-state index >= 15 is 0 Å². The quantitative estimate of drug-likeness (QED) is 0.678. The molecule has 0 saturated carbocycles. The summed E-state index contributed by atoms with van der Waals surface area (Å²) in [6.45, 7) is 1.12. The minimum atomic E-state index is -3.77. The first-order valence-corrected chi connectivity index (χ1v) is 3.75. The van der Waals surface area contributed by atoms with Crippen molar-refractivity contribution in [1.29, 1.82) is 0 Å². The lowest BCUT2D eigenvalue weighted by Crippen LogP contribution is -2.29. The number of alkyl halides is 3. The molecule has 0 aliphatic carbocycles. The van der Waals surface area contributed by atoms with Gasteiger partial charge in [-0.2, -0.15) is 8.78 Å². The molecule has 0 radical (unpaired) electrons. The summed E-state index contributed by atoms with van der Waals surface area (Å²) >= 11 is 4.50. The zero-order valence-electron chi connectivity index (χ0n) is 6.11. The van der Waals surface area contributed by atoms with Crippen molar-refractivity contribution in [2.45, 2.75) is 11.8 Å². The molecule has 0 bridgehead atoms. The zero-order chi connectivity index (χ0) is 9.19. The second kappa shape index (κ2) is 3.35. The summed E-state index contributed by atoms with van der Waals surface area (Å²) in [5, 5.41) is -1.07. The Morgan fingerprint density at radius 3 is 2.83 bits per heavy atom. The maximum absolute atomic E-state index is 12.1. The summed E-state index contributed by atoms with van der Waals surface area (Å²) in [6, 6.07) is 0. The van der Waals surface area contributed by atoms with Gasteiger partial charge in [-0.15, -0.1) is 0 Å². The number of nitrogens with one attached hydrogen (secondary N) is 1. The molecule has 0 aromatic heterocycles. The van der Waals surface area contributed by atoms with Crippen LogP contribution in [0.25, 0.3) is 0 Å². The van der Waals surface area contributed by atoms with E-state index in [0.29, 0.717) is 18.9 Å². The van der Waals surface area contributed by atoms with Gasteiger partial charge in [-0.3, -0.25) is 9.79 Å². The van der Waals surface area contributed by atoms with Gasteiger partial charge in [-0.05, 0) is 11.6 Å². The van der Waals surface area contributed by atoms with E-state index in [2.05, 4.69) is 21.9 Å². The van der Waals surface area contributed by atoms with Crippen LogP contribution in [0.15, 0.2) is 4.99 Å². The molecule has 68 valence electrons. The largest absolute Gasteiger partial charge is 0.380 e. The number of hydrogen-bond donors (Lipinski definition) is 1. The van der Waals surface area contributed by atoms with Gasteiger partial charge in [0.2, 0.25) is 5.78 Å². The summed E-state index contributed by atoms with van der Waals surface area (Å²) in [6.07, 6.45) is -0.420. The molecule has 0 unspecified atom stereocenters. The molecule has 3 nitrogen and oxygen atoms in total. The van der Waals surface area contributed by atoms with Crippen molar-refractivity contribution in [1.82, 2.24) is 5.32 Å². The summed E-state index contributed by atoms with van der Waals surface area (Å²) < 4.78 is 24.2. The molecule has 1 heterocycles. The minimum Gasteiger partial charge on any atom is -0.372 e. The van der Waals surface area contributed by atoms with E-state index in [1.165, 1.54) is 0 Å². The fourth-order valence-corrected chi connectivity index (χ4v) is 0.884. The van der Waals surface area contributed by atoms with E-state index in [-0.39, 0.29) is 0 Å². The van der Waals surface area contributed by atoms with Crippen LogP contribution >= 0.6 is 11.6 Å². The van der Waals surface area contributed by atoms with Crippen LogP contribution in [0.1, 0.15) is 6.42 Å². The van der Waals surface area contributed by atoms with Crippen LogP contribution in [0.3, 0.4) is 0 Å². The van der Waals surface area contributed by atoms with Crippen LogP contribution in [0.5, 0.6) is 0 Å². The number of amidine groups is 1. The molecule has 1 N–H and O–H groups in total. The Balaban J connectivity index is 2.46. The second-order valence-electron chi connectivity index (χ2n) is 2.35. The van der Waals surface area contributed by atoms with Gasteiger partial charge in [0.1, 0.15) is 5.84 Å². The molecule has 1 aliphatic heterocycles. The Morgan fingerprint density at radius 2 is 2.42 bits per heavy atom. The van der Waals surface area contributed by atoms with Crippen LogP contribution in [-0.4, -0.2) is 30.1 Å². The lowest BCUT2D eigenvalue weighted by molar-refractivity contribution is -0.132. The predicted molar refractivity (Wildman–Crippen MR) is 40.7 cm³/mol. The summed E-state index contributed by atoms with van der Waals surface area (Å²) in [5.74, 6) is -1.03. The normalized spacial score (nSPS) is 17.1. The number of halogens is 3. The molecule has 6 heteroatoms. The van der Waals surface area contributed by atoms with E-state index in [9.17, 15) is 13.6 Å². The highest BCUT2D eigenvalue weighted by molar-refractivity contribution is 6.34. The number of rotatable bonds is 3. The minimum absolute atomic E-state index is 0.292. The summed E-state index contributed by atoms with van der Waals surface area (Å²) in [7, 11) is 0. The molecule has 0 fully saturated rings. The van der Waals surface area contributed by atoms with Gasteiger partial charge in [0.25, 0.3) is 0 Å². The van der Waals surface area contributed by atoms with Crippen molar-refractivity contribution in [3.8, 4) is 0 Å². The third kappa shape index (κ3) is 2.41. The zero-order valence-corrected chi connectivity index (χ0v) is 6.87. The molecule has 0 amide bonds. The Labute approximate surface area is 72.8 Å². The number of ketones is 1. The van der Waals surface area contributed by atoms with Crippen LogP contribution in [-0.2, 0) is 4.79 Å². The maximum Gasteiger partial charge on any atom is 0.380 e. The molecular formula is C6H7ClF2N2O. The van der Waals surface area contributed by atoms with Gasteiger partial charge < -0.3 is 5.32 Å². The SMILES string of the molecule is O=C(CC1=NCCN1)C(F)(F)Cl. The summed E-state index contributed by atoms with van der Waals surface area (Å²) in [5.41, 5.74) is 0. The molecule has 0 spiro atoms. The van der Waals surface area contributed by atoms with Gasteiger partial charge in [-0.1, -0.05) is 0 Å². The summed E-state index contributed by atoms with van der Waals surface area (Å²) in [4.78, 5) is 14.4. The molecular weight excluding hydrogens is 190 g/mol. The van der Waals surface area contributed by atoms with Crippen molar-refractivity contribution in [2.24, 2.45) is 4.99 Å². The van der Waals surface area contributed by atoms with Crippen molar-refractivity contribution in [3.63, 3.8) is 0 Å². The lowest BCUT2D eigenvalue weighted by Gasteiger charge is -2.05. The smallest absolute Gasteiger partial charge is 0.372 e. The van der Waals surface area contributed by atoms with Crippen molar-refractivity contribution in [3.05, 3.63) is 0 Å². The Bertz CT molecular complexity index is 224. The average Bonchev–Trinajstić information content (AvgIpc) is 2.37. The highest BCUT2D eigenvalue weighted by Crippen LogP contribution is 2.21. The van der Waals surface area contributed by atoms with Crippen LogP contribution in [0, 0.1) is 0 Å². The topological polar surface area (TPSA) is 41.5 Å². The predicted octanol–water partition coefficient (Wildman–Crippen LogP) is 0.779. The van der Waals surface area contributed by atoms with Crippen LogP contribution in [0.2, 0.25) is 0 Å². The molecule has 0 aromatic carbocycles. The van der Waals surface area contributed by atoms with E-state index in [4.69, 9.17) is 0 Å². The van der Waals surface area contributed by atoms with Crippen molar-refractivity contribution >= 4 is 23.2 Å². The number of Topliss-reactive ketones (excluding diaryl/α,β-unsaturated/α-hetero) is 1. The Kier molecular flexibility index (Phi) is 2.62. The van der Waals surface area contributed by atoms with E-state index in [1.807, 2.05) is 0 Å². The molecule has 1 rings (SSSR count). The van der Waals surface area contributed by atoms with E-state index in [0.717, 1.165) is 0 Å². The van der Waals surface area contributed by atoms with Crippen molar-refractivity contribution < 1.29 is 13.6 Å². The number of aliphatic imine (C=N–C) groups is 1. The number of nitrogens with zero attached hydrogens (tertiary/aromatic N) is 1. The Hall–Kier alpha value is -0.710. The van der Waals surface area contributed by atoms with Crippen LogP contribution in [0.4, 0.5) is 8.78 Å². The monoisotopic (exact) mass is 196 g/mol. The second-order valence-corrected chi connectivity index (χ2v) is 2.83. The lowest BCUT2D eigenvalue weighted by atomic mass is 10.3. The first-order chi connectivity index (χ1) is 5.50. The van der Waals surface area contributed by atoms with Gasteiger partial charge >= 0.3 is 5.38 Å². The van der Waals surface area contributed by atoms with E-state index in [1.54, 1.807) is 0 Å². The van der Waals surface area contributed by atoms with Gasteiger partial charge in [0.05, 0.1) is 13.0 Å². The van der Waals surface area contributed by atoms with Crippen molar-refractivity contribution in [2.75, 3.05) is 13.1 Å². The fraction of sp³-hybridized carbons (Fsp3) is 0.667. The standard InChI is InChI=1S/C6H7ClF2N2O/c7-6(8,9)4(12)3-5-10-1-2-11-5/h1-3H2,(H,10,11). The maximum atomic E-state index is 12.1. The molecule has 0 saturated heterocycles. The first-order valence-electron chi connectivity index (χ1n) is 3.37. The fourth-order valence-electron chi connectivity index (χ4n) is 0.818. The third-order valence-corrected chi connectivity index (χ3v) is 1.60.